The lowest BCUT2D eigenvalue weighted by molar-refractivity contribution is 0.458. The first-order valence-electron chi connectivity index (χ1n) is 12.6. The van der Waals surface area contributed by atoms with Gasteiger partial charge in [-0.1, -0.05) is 23.7 Å². The van der Waals surface area contributed by atoms with E-state index in [0.29, 0.717) is 34.5 Å². The molecule has 0 amide bonds. The van der Waals surface area contributed by atoms with E-state index in [0.717, 1.165) is 37.1 Å². The minimum Gasteiger partial charge on any atom is -0.438 e. The molecule has 1 saturated heterocycles. The number of anilines is 2. The molecule has 0 bridgehead atoms. The van der Waals surface area contributed by atoms with Crippen molar-refractivity contribution in [1.29, 1.82) is 0 Å². The van der Waals surface area contributed by atoms with E-state index in [4.69, 9.17) is 21.3 Å². The van der Waals surface area contributed by atoms with Crippen molar-refractivity contribution in [3.63, 3.8) is 0 Å². The Hall–Kier alpha value is -3.44. The quantitative estimate of drug-likeness (QED) is 0.226. The number of nitrogens with one attached hydrogen (secondary N) is 3. The number of benzene rings is 2. The summed E-state index contributed by atoms with van der Waals surface area (Å²) in [6, 6.07) is 15.6. The number of halogens is 2. The van der Waals surface area contributed by atoms with Crippen LogP contribution in [0.1, 0.15) is 24.0 Å². The highest BCUT2D eigenvalue weighted by Crippen LogP contribution is 2.36. The molecular weight excluding hydrogens is 571 g/mol. The first kappa shape index (κ1) is 29.5. The fraction of sp³-hybridized carbons (Fsp3) is 0.250. The van der Waals surface area contributed by atoms with Gasteiger partial charge in [0, 0.05) is 30.7 Å². The second-order valence-corrected chi connectivity index (χ2v) is 11.4. The number of hydrogen-bond acceptors (Lipinski definition) is 8. The number of aromatic nitrogens is 3. The molecule has 1 unspecified atom stereocenters. The number of ether oxygens (including phenoxy) is 1. The predicted molar refractivity (Wildman–Crippen MR) is 160 cm³/mol. The van der Waals surface area contributed by atoms with Crippen LogP contribution in [0.4, 0.5) is 11.6 Å². The molecule has 0 radical (unpaired) electrons. The Kier molecular flexibility index (Phi) is 9.47. The predicted octanol–water partition coefficient (Wildman–Crippen LogP) is 5.99. The summed E-state index contributed by atoms with van der Waals surface area (Å²) < 4.78 is 34.8. The molecule has 3 N–H and O–H groups in total. The lowest BCUT2D eigenvalue weighted by Crippen LogP contribution is -2.38. The van der Waals surface area contributed by atoms with Gasteiger partial charge in [0.05, 0.1) is 16.3 Å². The number of hydrogen-bond donors (Lipinski definition) is 3. The number of rotatable bonds is 8. The summed E-state index contributed by atoms with van der Waals surface area (Å²) >= 11 is 6.11. The topological polar surface area (TPSA) is 118 Å². The van der Waals surface area contributed by atoms with E-state index in [9.17, 15) is 8.42 Å². The Labute approximate surface area is 245 Å². The summed E-state index contributed by atoms with van der Waals surface area (Å²) in [5, 5.41) is 6.94. The van der Waals surface area contributed by atoms with Crippen molar-refractivity contribution in [3.8, 4) is 22.9 Å². The third kappa shape index (κ3) is 6.82. The van der Waals surface area contributed by atoms with E-state index in [2.05, 4.69) is 25.3 Å². The van der Waals surface area contributed by atoms with Crippen molar-refractivity contribution in [1.82, 2.24) is 20.3 Å². The molecule has 5 rings (SSSR count). The minimum absolute atomic E-state index is 0. The van der Waals surface area contributed by atoms with Crippen LogP contribution >= 0.6 is 24.0 Å². The molecule has 40 heavy (non-hydrogen) atoms. The summed E-state index contributed by atoms with van der Waals surface area (Å²) in [6.45, 7) is 5.60. The zero-order valence-corrected chi connectivity index (χ0v) is 24.4. The zero-order valence-electron chi connectivity index (χ0n) is 22.0. The van der Waals surface area contributed by atoms with Gasteiger partial charge in [0.1, 0.15) is 10.6 Å². The van der Waals surface area contributed by atoms with Crippen molar-refractivity contribution in [3.05, 3.63) is 83.1 Å². The zero-order chi connectivity index (χ0) is 27.4. The molecule has 1 aliphatic heterocycles. The molecule has 1 atom stereocenters. The first-order chi connectivity index (χ1) is 18.8. The highest BCUT2D eigenvalue weighted by molar-refractivity contribution is 7.92. The lowest BCUT2D eigenvalue weighted by Gasteiger charge is -2.23. The summed E-state index contributed by atoms with van der Waals surface area (Å²) in [5.74, 6) is 1.52. The number of piperidine rings is 1. The Morgan fingerprint density at radius 3 is 2.52 bits per heavy atom. The van der Waals surface area contributed by atoms with Gasteiger partial charge in [0.2, 0.25) is 11.8 Å². The highest BCUT2D eigenvalue weighted by atomic mass is 35.5. The third-order valence-corrected chi connectivity index (χ3v) is 8.25. The number of sulfonamides is 1. The van der Waals surface area contributed by atoms with Crippen LogP contribution in [-0.2, 0) is 10.0 Å². The fourth-order valence-electron chi connectivity index (χ4n) is 4.54. The largest absolute Gasteiger partial charge is 0.438 e. The van der Waals surface area contributed by atoms with Crippen LogP contribution in [0.5, 0.6) is 11.6 Å². The molecule has 0 saturated carbocycles. The van der Waals surface area contributed by atoms with Crippen LogP contribution in [0.25, 0.3) is 11.3 Å². The van der Waals surface area contributed by atoms with Crippen molar-refractivity contribution >= 4 is 45.7 Å². The SMILES string of the molecule is Cc1cc(NS(=O)(=O)c2ccccc2Cl)cc(C)c1Oc1ncccc1-c1ccnc(NC2CCCNC2)n1.Cl. The Morgan fingerprint density at radius 1 is 1.02 bits per heavy atom. The van der Waals surface area contributed by atoms with Gasteiger partial charge in [-0.05, 0) is 86.8 Å². The summed E-state index contributed by atoms with van der Waals surface area (Å²) in [6.07, 6.45) is 5.54. The Bertz CT molecular complexity index is 1570. The van der Waals surface area contributed by atoms with Gasteiger partial charge in [0.15, 0.2) is 0 Å². The van der Waals surface area contributed by atoms with E-state index in [1.807, 2.05) is 32.0 Å². The molecule has 210 valence electrons. The molecule has 0 aliphatic carbocycles. The van der Waals surface area contributed by atoms with Crippen LogP contribution in [-0.4, -0.2) is 42.5 Å². The van der Waals surface area contributed by atoms with Crippen LogP contribution in [0.2, 0.25) is 5.02 Å². The maximum atomic E-state index is 12.9. The summed E-state index contributed by atoms with van der Waals surface area (Å²) in [4.78, 5) is 13.6. The van der Waals surface area contributed by atoms with Gasteiger partial charge in [-0.2, -0.15) is 0 Å². The van der Waals surface area contributed by atoms with Crippen LogP contribution in [0, 0.1) is 13.8 Å². The molecule has 3 heterocycles. The van der Waals surface area contributed by atoms with Crippen LogP contribution in [0.3, 0.4) is 0 Å². The van der Waals surface area contributed by atoms with Crippen LogP contribution < -0.4 is 20.1 Å². The van der Waals surface area contributed by atoms with E-state index < -0.39 is 10.0 Å². The summed E-state index contributed by atoms with van der Waals surface area (Å²) in [7, 11) is -3.87. The average Bonchev–Trinajstić information content (AvgIpc) is 2.92. The monoisotopic (exact) mass is 600 g/mol. The molecular formula is C28H30Cl2N6O3S. The van der Waals surface area contributed by atoms with Gasteiger partial charge in [-0.15, -0.1) is 12.4 Å². The fourth-order valence-corrected chi connectivity index (χ4v) is 6.10. The molecule has 1 fully saturated rings. The van der Waals surface area contributed by atoms with E-state index in [1.54, 1.807) is 36.7 Å². The minimum atomic E-state index is -3.87. The molecule has 12 heteroatoms. The van der Waals surface area contributed by atoms with Gasteiger partial charge in [0.25, 0.3) is 10.0 Å². The third-order valence-electron chi connectivity index (χ3n) is 6.37. The second-order valence-electron chi connectivity index (χ2n) is 9.39. The smallest absolute Gasteiger partial charge is 0.263 e. The molecule has 4 aromatic rings. The highest BCUT2D eigenvalue weighted by Gasteiger charge is 2.20. The molecule has 2 aromatic heterocycles. The van der Waals surface area contributed by atoms with Gasteiger partial charge in [-0.3, -0.25) is 4.72 Å². The van der Waals surface area contributed by atoms with E-state index >= 15 is 0 Å². The van der Waals surface area contributed by atoms with Crippen molar-refractivity contribution < 1.29 is 13.2 Å². The molecule has 9 nitrogen and oxygen atoms in total. The standard InChI is InChI=1S/C28H29ClN6O3S.ClH/c1-18-15-21(35-39(36,37)25-10-4-3-9-23(25)29)16-19(2)26(18)38-27-22(8-6-13-31-27)24-11-14-32-28(34-24)33-20-7-5-12-30-17-20;/h3-4,6,8-11,13-16,20,30,35H,5,7,12,17H2,1-2H3,(H,32,33,34);1H. The second kappa shape index (κ2) is 12.8. The molecule has 2 aromatic carbocycles. The average molecular weight is 602 g/mol. The molecule has 0 spiro atoms. The number of aryl methyl sites for hydroxylation is 2. The number of pyridine rings is 1. The van der Waals surface area contributed by atoms with Gasteiger partial charge < -0.3 is 15.4 Å². The number of nitrogens with zero attached hydrogens (tertiary/aromatic N) is 3. The molecule has 1 aliphatic rings. The maximum absolute atomic E-state index is 12.9. The van der Waals surface area contributed by atoms with E-state index in [-0.39, 0.29) is 28.4 Å². The maximum Gasteiger partial charge on any atom is 0.263 e. The van der Waals surface area contributed by atoms with E-state index in [1.165, 1.54) is 12.1 Å². The Balaban J connectivity index is 0.00000370. The van der Waals surface area contributed by atoms with Crippen LogP contribution in [0.15, 0.2) is 71.9 Å². The van der Waals surface area contributed by atoms with Gasteiger partial charge in [-0.25, -0.2) is 23.4 Å². The summed E-state index contributed by atoms with van der Waals surface area (Å²) in [5.41, 5.74) is 3.27. The first-order valence-corrected chi connectivity index (χ1v) is 14.5. The lowest BCUT2D eigenvalue weighted by atomic mass is 10.1. The van der Waals surface area contributed by atoms with Crippen molar-refractivity contribution in [2.24, 2.45) is 0 Å². The normalized spacial score (nSPS) is 15.1. The Morgan fingerprint density at radius 2 is 1.80 bits per heavy atom. The van der Waals surface area contributed by atoms with Crippen molar-refractivity contribution in [2.45, 2.75) is 37.6 Å². The van der Waals surface area contributed by atoms with Gasteiger partial charge >= 0.3 is 0 Å². The van der Waals surface area contributed by atoms with Crippen molar-refractivity contribution in [2.75, 3.05) is 23.1 Å².